The molecule has 0 radical (unpaired) electrons. The minimum absolute atomic E-state index is 0.0354. The van der Waals surface area contributed by atoms with Crippen LogP contribution < -0.4 is 0 Å². The lowest BCUT2D eigenvalue weighted by molar-refractivity contribution is 0.0494. The Hall–Kier alpha value is -1.17. The van der Waals surface area contributed by atoms with Gasteiger partial charge in [0.25, 0.3) is 0 Å². The van der Waals surface area contributed by atoms with Crippen LogP contribution in [0.25, 0.3) is 10.9 Å². The van der Waals surface area contributed by atoms with Crippen LogP contribution in [0.15, 0.2) is 30.5 Å². The van der Waals surface area contributed by atoms with E-state index >= 15 is 0 Å². The smallest absolute Gasteiger partial charge is 0.323 e. The van der Waals surface area contributed by atoms with Gasteiger partial charge in [-0.3, -0.25) is 9.05 Å². The summed E-state index contributed by atoms with van der Waals surface area (Å²) in [5.74, 6) is 0. The van der Waals surface area contributed by atoms with Crippen molar-refractivity contribution in [2.24, 2.45) is 0 Å². The summed E-state index contributed by atoms with van der Waals surface area (Å²) in [6.07, 6.45) is 2.88. The number of likely N-dealkylation sites (N-methyl/N-ethyl adjacent to an activating group) is 1. The van der Waals surface area contributed by atoms with E-state index in [0.717, 1.165) is 23.9 Å². The monoisotopic (exact) mass is 354 g/mol. The highest BCUT2D eigenvalue weighted by molar-refractivity contribution is 7.47. The minimum Gasteiger partial charge on any atom is -0.323 e. The van der Waals surface area contributed by atoms with Crippen LogP contribution in [0.5, 0.6) is 0 Å². The fraction of sp³-hybridized carbons (Fsp3) is 0.529. The van der Waals surface area contributed by atoms with Crippen LogP contribution in [0.1, 0.15) is 26.3 Å². The molecule has 24 heavy (non-hydrogen) atoms. The van der Waals surface area contributed by atoms with Gasteiger partial charge in [0.05, 0.1) is 11.1 Å². The second-order valence-electron chi connectivity index (χ2n) is 7.12. The van der Waals surface area contributed by atoms with Crippen LogP contribution >= 0.6 is 7.82 Å². The Bertz CT molecular complexity index is 734. The molecule has 0 aliphatic heterocycles. The van der Waals surface area contributed by atoms with E-state index in [-0.39, 0.29) is 6.73 Å². The molecule has 2 aromatic rings. The molecule has 1 heterocycles. The van der Waals surface area contributed by atoms with Gasteiger partial charge in [-0.1, -0.05) is 18.2 Å². The Morgan fingerprint density at radius 1 is 1.25 bits per heavy atom. The van der Waals surface area contributed by atoms with Crippen molar-refractivity contribution in [3.05, 3.63) is 36.0 Å². The first-order valence-corrected chi connectivity index (χ1v) is 9.46. The van der Waals surface area contributed by atoms with Gasteiger partial charge in [-0.2, -0.15) is 0 Å². The van der Waals surface area contributed by atoms with E-state index in [1.54, 1.807) is 20.8 Å². The number of nitrogens with zero attached hydrogens (tertiary/aromatic N) is 2. The predicted molar refractivity (Wildman–Crippen MR) is 95.9 cm³/mol. The summed E-state index contributed by atoms with van der Waals surface area (Å²) in [6.45, 7) is 6.03. The van der Waals surface area contributed by atoms with Crippen LogP contribution in [0.2, 0.25) is 0 Å². The van der Waals surface area contributed by atoms with Crippen molar-refractivity contribution < 1.29 is 18.5 Å². The van der Waals surface area contributed by atoms with Gasteiger partial charge in [-0.25, -0.2) is 4.57 Å². The largest absolute Gasteiger partial charge is 0.474 e. The third kappa shape index (κ3) is 5.43. The molecule has 0 saturated heterocycles. The van der Waals surface area contributed by atoms with Crippen molar-refractivity contribution in [2.75, 3.05) is 20.6 Å². The maximum absolute atomic E-state index is 12.1. The zero-order chi connectivity index (χ0) is 18.0. The summed E-state index contributed by atoms with van der Waals surface area (Å²) in [6, 6.07) is 7.97. The highest BCUT2D eigenvalue weighted by Crippen LogP contribution is 2.47. The van der Waals surface area contributed by atoms with Crippen molar-refractivity contribution in [2.45, 2.75) is 39.5 Å². The number of phosphoric acid groups is 1. The summed E-state index contributed by atoms with van der Waals surface area (Å²) < 4.78 is 24.2. The molecule has 0 aliphatic carbocycles. The second-order valence-corrected chi connectivity index (χ2v) is 8.50. The predicted octanol–water partition coefficient (Wildman–Crippen LogP) is 3.64. The quantitative estimate of drug-likeness (QED) is 0.769. The van der Waals surface area contributed by atoms with Crippen LogP contribution in [0.3, 0.4) is 0 Å². The molecule has 7 heteroatoms. The fourth-order valence-corrected chi connectivity index (χ4v) is 3.50. The molecule has 6 nitrogen and oxygen atoms in total. The number of fused-ring (bicyclic) bond motifs is 1. The summed E-state index contributed by atoms with van der Waals surface area (Å²) >= 11 is 0. The van der Waals surface area contributed by atoms with Crippen LogP contribution in [-0.2, 0) is 26.8 Å². The molecule has 1 unspecified atom stereocenters. The highest BCUT2D eigenvalue weighted by Gasteiger charge is 2.29. The van der Waals surface area contributed by atoms with Gasteiger partial charge in [0.1, 0.15) is 6.73 Å². The summed E-state index contributed by atoms with van der Waals surface area (Å²) in [5, 5.41) is 1.13. The van der Waals surface area contributed by atoms with Gasteiger partial charge in [-0.15, -0.1) is 0 Å². The van der Waals surface area contributed by atoms with Gasteiger partial charge < -0.3 is 14.4 Å². The van der Waals surface area contributed by atoms with E-state index in [1.165, 1.54) is 5.56 Å². The zero-order valence-electron chi connectivity index (χ0n) is 15.0. The summed E-state index contributed by atoms with van der Waals surface area (Å²) in [4.78, 5) is 12.0. The van der Waals surface area contributed by atoms with Gasteiger partial charge in [-0.05, 0) is 52.9 Å². The van der Waals surface area contributed by atoms with Gasteiger partial charge in [0.2, 0.25) is 0 Å². The van der Waals surface area contributed by atoms with E-state index in [0.29, 0.717) is 0 Å². The molecule has 1 N–H and O–H groups in total. The first kappa shape index (κ1) is 19.2. The third-order valence-electron chi connectivity index (χ3n) is 3.45. The lowest BCUT2D eigenvalue weighted by Gasteiger charge is -2.22. The summed E-state index contributed by atoms with van der Waals surface area (Å²) in [7, 11) is -0.0366. The average Bonchev–Trinajstić information content (AvgIpc) is 2.79. The lowest BCUT2D eigenvalue weighted by Crippen LogP contribution is -2.18. The van der Waals surface area contributed by atoms with E-state index in [2.05, 4.69) is 11.0 Å². The van der Waals surface area contributed by atoms with E-state index in [1.807, 2.05) is 43.1 Å². The van der Waals surface area contributed by atoms with Gasteiger partial charge in [0.15, 0.2) is 0 Å². The van der Waals surface area contributed by atoms with E-state index in [4.69, 9.17) is 9.05 Å². The Labute approximate surface area is 143 Å². The van der Waals surface area contributed by atoms with Crippen LogP contribution in [0.4, 0.5) is 0 Å². The Kier molecular flexibility index (Phi) is 5.89. The Morgan fingerprint density at radius 3 is 2.54 bits per heavy atom. The minimum atomic E-state index is -4.11. The summed E-state index contributed by atoms with van der Waals surface area (Å²) in [5.41, 5.74) is 1.41. The van der Waals surface area contributed by atoms with Crippen molar-refractivity contribution in [1.29, 1.82) is 0 Å². The molecule has 2 rings (SSSR count). The van der Waals surface area contributed by atoms with E-state index in [9.17, 15) is 9.46 Å². The molecule has 0 amide bonds. The normalized spacial score (nSPS) is 15.1. The highest BCUT2D eigenvalue weighted by atomic mass is 31.2. The molecule has 134 valence electrons. The number of phosphoric ester groups is 1. The first-order chi connectivity index (χ1) is 11.1. The Balaban J connectivity index is 2.18. The first-order valence-electron chi connectivity index (χ1n) is 7.97. The van der Waals surface area contributed by atoms with Crippen LogP contribution in [0, 0.1) is 0 Å². The number of rotatable bonds is 7. The fourth-order valence-electron chi connectivity index (χ4n) is 2.48. The molecule has 1 aromatic heterocycles. The van der Waals surface area contributed by atoms with Crippen molar-refractivity contribution in [1.82, 2.24) is 9.47 Å². The number of hydrogen-bond acceptors (Lipinski definition) is 4. The van der Waals surface area contributed by atoms with Crippen LogP contribution in [-0.4, -0.2) is 40.6 Å². The molecule has 0 fully saturated rings. The molecular weight excluding hydrogens is 327 g/mol. The molecule has 1 atom stereocenters. The standard InChI is InChI=1S/C17H27N2O4P/c1-17(2,3)23-24(20,21)22-13-19-12-14(10-11-18(4)5)15-8-6-7-9-16(15)19/h6-9,12H,10-11,13H2,1-5H3,(H,20,21). The molecule has 0 bridgehead atoms. The number of para-hydroxylation sites is 1. The molecule has 0 spiro atoms. The number of aromatic nitrogens is 1. The lowest BCUT2D eigenvalue weighted by atomic mass is 10.1. The molecule has 1 aromatic carbocycles. The van der Waals surface area contributed by atoms with E-state index < -0.39 is 13.4 Å². The Morgan fingerprint density at radius 2 is 1.92 bits per heavy atom. The molecule has 0 aliphatic rings. The second kappa shape index (κ2) is 7.38. The maximum atomic E-state index is 12.1. The van der Waals surface area contributed by atoms with Gasteiger partial charge >= 0.3 is 7.82 Å². The topological polar surface area (TPSA) is 63.9 Å². The van der Waals surface area contributed by atoms with Crippen molar-refractivity contribution in [3.8, 4) is 0 Å². The average molecular weight is 354 g/mol. The van der Waals surface area contributed by atoms with Gasteiger partial charge in [0, 0.05) is 18.1 Å². The van der Waals surface area contributed by atoms with Crippen molar-refractivity contribution >= 4 is 18.7 Å². The molecular formula is C17H27N2O4P. The molecule has 0 saturated carbocycles. The SMILES string of the molecule is CN(C)CCc1cn(COP(=O)(O)OC(C)(C)C)c2ccccc12. The number of hydrogen-bond donors (Lipinski definition) is 1. The number of benzene rings is 1. The van der Waals surface area contributed by atoms with Crippen molar-refractivity contribution in [3.63, 3.8) is 0 Å². The maximum Gasteiger partial charge on any atom is 0.474 e. The third-order valence-corrected chi connectivity index (χ3v) is 4.67. The zero-order valence-corrected chi connectivity index (χ0v) is 15.9.